The van der Waals surface area contributed by atoms with Crippen LogP contribution in [0.15, 0.2) is 41.3 Å². The van der Waals surface area contributed by atoms with E-state index in [9.17, 15) is 26.4 Å². The van der Waals surface area contributed by atoms with Gasteiger partial charge in [0.1, 0.15) is 4.90 Å². The molecule has 32 heavy (non-hydrogen) atoms. The Balaban J connectivity index is 1.98. The van der Waals surface area contributed by atoms with Crippen molar-refractivity contribution < 1.29 is 26.4 Å². The summed E-state index contributed by atoms with van der Waals surface area (Å²) >= 11 is 17.8. The summed E-state index contributed by atoms with van der Waals surface area (Å²) in [5, 5.41) is 7.63. The van der Waals surface area contributed by atoms with Crippen molar-refractivity contribution >= 4 is 50.7 Å². The maximum Gasteiger partial charge on any atom is 0.416 e. The monoisotopic (exact) mass is 526 g/mol. The summed E-state index contributed by atoms with van der Waals surface area (Å²) < 4.78 is 67.0. The quantitative estimate of drug-likeness (QED) is 0.508. The number of amides is 1. The molecule has 0 aliphatic rings. The van der Waals surface area contributed by atoms with Crippen LogP contribution in [0.2, 0.25) is 15.1 Å². The Morgan fingerprint density at radius 1 is 1.09 bits per heavy atom. The van der Waals surface area contributed by atoms with Crippen molar-refractivity contribution in [3.8, 4) is 5.69 Å². The van der Waals surface area contributed by atoms with E-state index in [0.717, 1.165) is 6.07 Å². The molecule has 0 saturated heterocycles. The number of carbonyl (C=O) groups excluding carboxylic acids is 1. The number of nitrogens with one attached hydrogen (secondary N) is 1. The van der Waals surface area contributed by atoms with Crippen molar-refractivity contribution in [2.75, 3.05) is 0 Å². The van der Waals surface area contributed by atoms with Crippen LogP contribution >= 0.6 is 34.8 Å². The zero-order valence-corrected chi connectivity index (χ0v) is 19.0. The molecule has 0 unspecified atom stereocenters. The Morgan fingerprint density at radius 3 is 2.38 bits per heavy atom. The van der Waals surface area contributed by atoms with Crippen LogP contribution in [0.5, 0.6) is 0 Å². The zero-order valence-electron chi connectivity index (χ0n) is 15.9. The SMILES string of the molecule is CCc1c(C(=O)NS(=O)(=O)c2cc(C(F)(F)F)ccc2Cl)nnn1-c1ccc(Cl)cc1Cl. The highest BCUT2D eigenvalue weighted by atomic mass is 35.5. The van der Waals surface area contributed by atoms with Gasteiger partial charge in [-0.3, -0.25) is 4.79 Å². The number of halogens is 6. The molecule has 7 nitrogen and oxygen atoms in total. The van der Waals surface area contributed by atoms with Crippen molar-refractivity contribution in [2.45, 2.75) is 24.4 Å². The number of alkyl halides is 3. The van der Waals surface area contributed by atoms with Gasteiger partial charge in [0.05, 0.1) is 27.0 Å². The predicted octanol–water partition coefficient (Wildman–Crippen LogP) is 4.93. The molecule has 3 rings (SSSR count). The highest BCUT2D eigenvalue weighted by molar-refractivity contribution is 7.90. The van der Waals surface area contributed by atoms with Crippen LogP contribution < -0.4 is 4.72 Å². The third kappa shape index (κ3) is 4.85. The first kappa shape index (κ1) is 24.3. The van der Waals surface area contributed by atoms with E-state index in [-0.39, 0.29) is 22.8 Å². The number of nitrogens with zero attached hydrogens (tertiary/aromatic N) is 3. The number of hydrogen-bond donors (Lipinski definition) is 1. The maximum atomic E-state index is 13.0. The van der Waals surface area contributed by atoms with E-state index >= 15 is 0 Å². The number of sulfonamides is 1. The molecule has 0 bridgehead atoms. The molecule has 1 N–H and O–H groups in total. The second-order valence-corrected chi connectivity index (χ2v) is 9.23. The van der Waals surface area contributed by atoms with Gasteiger partial charge in [0.25, 0.3) is 15.9 Å². The summed E-state index contributed by atoms with van der Waals surface area (Å²) in [4.78, 5) is 11.8. The molecule has 3 aromatic rings. The normalized spacial score (nSPS) is 12.1. The third-order valence-electron chi connectivity index (χ3n) is 4.23. The lowest BCUT2D eigenvalue weighted by molar-refractivity contribution is -0.137. The minimum Gasteiger partial charge on any atom is -0.266 e. The molecule has 0 spiro atoms. The molecule has 14 heteroatoms. The van der Waals surface area contributed by atoms with E-state index in [1.54, 1.807) is 11.6 Å². The molecule has 0 saturated carbocycles. The molecule has 0 radical (unpaired) electrons. The highest BCUT2D eigenvalue weighted by Crippen LogP contribution is 2.33. The lowest BCUT2D eigenvalue weighted by Crippen LogP contribution is -2.32. The van der Waals surface area contributed by atoms with Crippen LogP contribution in [0.4, 0.5) is 13.2 Å². The summed E-state index contributed by atoms with van der Waals surface area (Å²) in [5.41, 5.74) is -1.06. The molecule has 0 aliphatic carbocycles. The first-order chi connectivity index (χ1) is 14.8. The fourth-order valence-corrected chi connectivity index (χ4v) is 4.72. The Hall–Kier alpha value is -2.34. The average Bonchev–Trinajstić information content (AvgIpc) is 3.10. The Labute approximate surface area is 195 Å². The lowest BCUT2D eigenvalue weighted by Gasteiger charge is -2.12. The highest BCUT2D eigenvalue weighted by Gasteiger charge is 2.33. The lowest BCUT2D eigenvalue weighted by atomic mass is 10.2. The Bertz CT molecular complexity index is 1310. The molecule has 0 fully saturated rings. The van der Waals surface area contributed by atoms with E-state index < -0.39 is 37.6 Å². The van der Waals surface area contributed by atoms with Crippen LogP contribution in [0.1, 0.15) is 28.7 Å². The molecule has 1 amide bonds. The minimum atomic E-state index is -4.81. The van der Waals surface area contributed by atoms with Crippen molar-refractivity contribution in [3.63, 3.8) is 0 Å². The van der Waals surface area contributed by atoms with E-state index in [2.05, 4.69) is 10.3 Å². The van der Waals surface area contributed by atoms with Crippen LogP contribution in [-0.4, -0.2) is 29.3 Å². The molecule has 2 aromatic carbocycles. The minimum absolute atomic E-state index is 0.194. The molecule has 1 heterocycles. The van der Waals surface area contributed by atoms with Gasteiger partial charge >= 0.3 is 6.18 Å². The van der Waals surface area contributed by atoms with E-state index in [0.29, 0.717) is 22.8 Å². The zero-order chi connectivity index (χ0) is 23.8. The van der Waals surface area contributed by atoms with Gasteiger partial charge in [-0.2, -0.15) is 13.2 Å². The predicted molar refractivity (Wildman–Crippen MR) is 112 cm³/mol. The molecule has 1 aromatic heterocycles. The smallest absolute Gasteiger partial charge is 0.266 e. The van der Waals surface area contributed by atoms with Crippen molar-refractivity contribution in [2.24, 2.45) is 0 Å². The second kappa shape index (κ2) is 8.89. The van der Waals surface area contributed by atoms with Crippen LogP contribution in [-0.2, 0) is 22.6 Å². The summed E-state index contributed by atoms with van der Waals surface area (Å²) in [6.45, 7) is 1.66. The van der Waals surface area contributed by atoms with E-state index in [4.69, 9.17) is 34.8 Å². The number of aromatic nitrogens is 3. The summed E-state index contributed by atoms with van der Waals surface area (Å²) in [6, 6.07) is 6.24. The third-order valence-corrected chi connectivity index (χ3v) is 6.58. The van der Waals surface area contributed by atoms with Crippen LogP contribution in [0, 0.1) is 0 Å². The summed E-state index contributed by atoms with van der Waals surface area (Å²) in [7, 11) is -4.77. The molecule has 0 aliphatic heterocycles. The van der Waals surface area contributed by atoms with E-state index in [1.165, 1.54) is 22.9 Å². The molecular weight excluding hydrogens is 516 g/mol. The largest absolute Gasteiger partial charge is 0.416 e. The standard InChI is InChI=1S/C18H12Cl3F3N4O3S/c1-2-13-16(25-27-28(13)14-6-4-10(19)8-12(14)21)17(29)26-32(30,31)15-7-9(18(22,23)24)3-5-11(15)20/h3-8H,2H2,1H3,(H,26,29). The van der Waals surface area contributed by atoms with Gasteiger partial charge < -0.3 is 0 Å². The summed E-state index contributed by atoms with van der Waals surface area (Å²) in [6.07, 6.45) is -4.62. The molecule has 0 atom stereocenters. The van der Waals surface area contributed by atoms with Gasteiger partial charge in [0.15, 0.2) is 5.69 Å². The number of carbonyl (C=O) groups is 1. The van der Waals surface area contributed by atoms with Crippen molar-refractivity contribution in [1.82, 2.24) is 19.7 Å². The second-order valence-electron chi connectivity index (χ2n) is 6.32. The van der Waals surface area contributed by atoms with Gasteiger partial charge in [-0.25, -0.2) is 17.8 Å². The first-order valence-electron chi connectivity index (χ1n) is 8.69. The van der Waals surface area contributed by atoms with Gasteiger partial charge in [0, 0.05) is 5.02 Å². The molecule has 170 valence electrons. The van der Waals surface area contributed by atoms with Crippen molar-refractivity contribution in [3.05, 3.63) is 68.4 Å². The average molecular weight is 528 g/mol. The Kier molecular flexibility index (Phi) is 6.75. The number of hydrogen-bond acceptors (Lipinski definition) is 5. The summed E-state index contributed by atoms with van der Waals surface area (Å²) in [5.74, 6) is -1.20. The van der Waals surface area contributed by atoms with Gasteiger partial charge in [-0.15, -0.1) is 5.10 Å². The maximum absolute atomic E-state index is 13.0. The van der Waals surface area contributed by atoms with Crippen molar-refractivity contribution in [1.29, 1.82) is 0 Å². The van der Waals surface area contributed by atoms with Gasteiger partial charge in [-0.05, 0) is 42.8 Å². The van der Waals surface area contributed by atoms with E-state index in [1.807, 2.05) is 0 Å². The van der Waals surface area contributed by atoms with Gasteiger partial charge in [0.2, 0.25) is 0 Å². The Morgan fingerprint density at radius 2 is 1.78 bits per heavy atom. The number of rotatable bonds is 5. The van der Waals surface area contributed by atoms with Gasteiger partial charge in [-0.1, -0.05) is 46.9 Å². The fraction of sp³-hybridized carbons (Fsp3) is 0.167. The molecular formula is C18H12Cl3F3N4O3S. The first-order valence-corrected chi connectivity index (χ1v) is 11.3. The van der Waals surface area contributed by atoms with Crippen LogP contribution in [0.25, 0.3) is 5.69 Å². The topological polar surface area (TPSA) is 93.9 Å². The fourth-order valence-electron chi connectivity index (χ4n) is 2.75. The number of benzene rings is 2. The van der Waals surface area contributed by atoms with Crippen LogP contribution in [0.3, 0.4) is 0 Å².